The molecule has 0 saturated carbocycles. The molecule has 0 fully saturated rings. The maximum Gasteiger partial charge on any atom is 0.310 e. The summed E-state index contributed by atoms with van der Waals surface area (Å²) >= 11 is 0. The normalized spacial score (nSPS) is 11.5. The second-order valence-corrected chi connectivity index (χ2v) is 5.22. The summed E-state index contributed by atoms with van der Waals surface area (Å²) < 4.78 is 20.3. The van der Waals surface area contributed by atoms with Crippen LogP contribution in [0.25, 0.3) is 0 Å². The van der Waals surface area contributed by atoms with E-state index in [1.165, 1.54) is 19.1 Å². The van der Waals surface area contributed by atoms with Crippen LogP contribution in [0.2, 0.25) is 0 Å². The molecule has 1 atom stereocenters. The minimum absolute atomic E-state index is 0.0452. The first-order valence-corrected chi connectivity index (χ1v) is 7.63. The van der Waals surface area contributed by atoms with Gasteiger partial charge in [0.15, 0.2) is 0 Å². The summed E-state index contributed by atoms with van der Waals surface area (Å²) in [5.74, 6) is 0.437. The largest absolute Gasteiger partial charge is 0.497 e. The van der Waals surface area contributed by atoms with Crippen molar-refractivity contribution in [2.75, 3.05) is 47.6 Å². The van der Waals surface area contributed by atoms with Crippen molar-refractivity contribution in [2.24, 2.45) is 5.92 Å². The highest BCUT2D eigenvalue weighted by Gasteiger charge is 2.21. The molecule has 1 amide bonds. The summed E-state index contributed by atoms with van der Waals surface area (Å²) in [7, 11) is 4.37. The smallest absolute Gasteiger partial charge is 0.310 e. The van der Waals surface area contributed by atoms with Crippen LogP contribution in [0.15, 0.2) is 24.3 Å². The van der Waals surface area contributed by atoms with Crippen molar-refractivity contribution in [2.45, 2.75) is 6.92 Å². The van der Waals surface area contributed by atoms with Crippen molar-refractivity contribution in [3.8, 4) is 11.5 Å². The molecule has 24 heavy (non-hydrogen) atoms. The minimum Gasteiger partial charge on any atom is -0.497 e. The van der Waals surface area contributed by atoms with E-state index < -0.39 is 5.92 Å². The van der Waals surface area contributed by atoms with Gasteiger partial charge < -0.3 is 23.8 Å². The van der Waals surface area contributed by atoms with Crippen molar-refractivity contribution in [3.63, 3.8) is 0 Å². The van der Waals surface area contributed by atoms with Crippen molar-refractivity contribution >= 4 is 11.9 Å². The summed E-state index contributed by atoms with van der Waals surface area (Å²) in [5, 5.41) is 0. The standard InChI is InChI=1S/C17H25NO6/c1-13(17(20)23-4)11-18(16(19)12-21-2)9-10-24-15-7-5-14(22-3)6-8-15/h5-8,13H,9-12H2,1-4H3. The van der Waals surface area contributed by atoms with Gasteiger partial charge in [-0.05, 0) is 24.3 Å². The van der Waals surface area contributed by atoms with Crippen molar-refractivity contribution in [1.82, 2.24) is 4.90 Å². The van der Waals surface area contributed by atoms with Crippen LogP contribution in [-0.4, -0.2) is 64.4 Å². The second-order valence-electron chi connectivity index (χ2n) is 5.22. The van der Waals surface area contributed by atoms with E-state index in [-0.39, 0.29) is 25.0 Å². The Hall–Kier alpha value is -2.28. The number of amides is 1. The van der Waals surface area contributed by atoms with Gasteiger partial charge in [-0.3, -0.25) is 9.59 Å². The summed E-state index contributed by atoms with van der Waals surface area (Å²) in [6.45, 7) is 2.56. The van der Waals surface area contributed by atoms with E-state index in [4.69, 9.17) is 18.9 Å². The van der Waals surface area contributed by atoms with Crippen LogP contribution in [0.4, 0.5) is 0 Å². The van der Waals surface area contributed by atoms with Crippen molar-refractivity contribution in [3.05, 3.63) is 24.3 Å². The Morgan fingerprint density at radius 3 is 2.25 bits per heavy atom. The molecule has 0 heterocycles. The number of esters is 1. The van der Waals surface area contributed by atoms with Gasteiger partial charge in [0.1, 0.15) is 24.7 Å². The Morgan fingerprint density at radius 2 is 1.71 bits per heavy atom. The van der Waals surface area contributed by atoms with Gasteiger partial charge >= 0.3 is 5.97 Å². The van der Waals surface area contributed by atoms with Gasteiger partial charge in [-0.15, -0.1) is 0 Å². The molecule has 0 aliphatic rings. The molecule has 1 rings (SSSR count). The van der Waals surface area contributed by atoms with E-state index in [1.807, 2.05) is 0 Å². The van der Waals surface area contributed by atoms with Gasteiger partial charge in [0, 0.05) is 13.7 Å². The van der Waals surface area contributed by atoms with E-state index >= 15 is 0 Å². The Kier molecular flexibility index (Phi) is 8.64. The highest BCUT2D eigenvalue weighted by molar-refractivity contribution is 5.79. The van der Waals surface area contributed by atoms with Gasteiger partial charge in [-0.2, -0.15) is 0 Å². The summed E-state index contributed by atoms with van der Waals surface area (Å²) in [6.07, 6.45) is 0. The first-order chi connectivity index (χ1) is 11.5. The Morgan fingerprint density at radius 1 is 1.08 bits per heavy atom. The maximum atomic E-state index is 12.1. The summed E-state index contributed by atoms with van der Waals surface area (Å²) in [6, 6.07) is 7.17. The molecule has 1 aromatic rings. The molecule has 0 saturated heterocycles. The molecule has 134 valence electrons. The predicted molar refractivity (Wildman–Crippen MR) is 88.1 cm³/mol. The quantitative estimate of drug-likeness (QED) is 0.599. The number of nitrogens with zero attached hydrogens (tertiary/aromatic N) is 1. The third-order valence-electron chi connectivity index (χ3n) is 3.41. The van der Waals surface area contributed by atoms with Gasteiger partial charge in [-0.25, -0.2) is 0 Å². The number of carbonyl (C=O) groups excluding carboxylic acids is 2. The van der Waals surface area contributed by atoms with Crippen molar-refractivity contribution in [1.29, 1.82) is 0 Å². The number of rotatable bonds is 10. The molecule has 0 radical (unpaired) electrons. The topological polar surface area (TPSA) is 74.3 Å². The molecule has 0 aliphatic heterocycles. The fourth-order valence-electron chi connectivity index (χ4n) is 2.08. The maximum absolute atomic E-state index is 12.1. The van der Waals surface area contributed by atoms with Gasteiger partial charge in [0.05, 0.1) is 26.7 Å². The fraction of sp³-hybridized carbons (Fsp3) is 0.529. The molecule has 0 spiro atoms. The van der Waals surface area contributed by atoms with E-state index in [0.717, 1.165) is 5.75 Å². The first-order valence-electron chi connectivity index (χ1n) is 7.63. The molecule has 1 unspecified atom stereocenters. The van der Waals surface area contributed by atoms with E-state index in [9.17, 15) is 9.59 Å². The molecule has 7 heteroatoms. The predicted octanol–water partition coefficient (Wildman–Crippen LogP) is 1.36. The molecule has 7 nitrogen and oxygen atoms in total. The lowest BCUT2D eigenvalue weighted by molar-refractivity contribution is -0.147. The van der Waals surface area contributed by atoms with Crippen LogP contribution in [0.3, 0.4) is 0 Å². The van der Waals surface area contributed by atoms with Gasteiger partial charge in [0.2, 0.25) is 5.91 Å². The van der Waals surface area contributed by atoms with Gasteiger partial charge in [-0.1, -0.05) is 6.92 Å². The third-order valence-corrected chi connectivity index (χ3v) is 3.41. The van der Waals surface area contributed by atoms with Gasteiger partial charge in [0.25, 0.3) is 0 Å². The molecule has 1 aromatic carbocycles. The van der Waals surface area contributed by atoms with E-state index in [2.05, 4.69) is 0 Å². The Labute approximate surface area is 142 Å². The molecule has 0 bridgehead atoms. The molecule has 0 aromatic heterocycles. The first kappa shape index (κ1) is 19.8. The van der Waals surface area contributed by atoms with Crippen LogP contribution in [0, 0.1) is 5.92 Å². The molecule has 0 N–H and O–H groups in total. The zero-order valence-electron chi connectivity index (χ0n) is 14.6. The van der Waals surface area contributed by atoms with E-state index in [0.29, 0.717) is 18.9 Å². The monoisotopic (exact) mass is 339 g/mol. The summed E-state index contributed by atoms with van der Waals surface area (Å²) in [4.78, 5) is 25.2. The molecular weight excluding hydrogens is 314 g/mol. The average Bonchev–Trinajstić information content (AvgIpc) is 2.60. The number of hydrogen-bond acceptors (Lipinski definition) is 6. The number of ether oxygens (including phenoxy) is 4. The number of carbonyl (C=O) groups is 2. The third kappa shape index (κ3) is 6.45. The zero-order chi connectivity index (χ0) is 17.9. The Balaban J connectivity index is 2.56. The lowest BCUT2D eigenvalue weighted by Crippen LogP contribution is -2.41. The van der Waals surface area contributed by atoms with Crippen LogP contribution >= 0.6 is 0 Å². The fourth-order valence-corrected chi connectivity index (χ4v) is 2.08. The molecule has 0 aliphatic carbocycles. The average molecular weight is 339 g/mol. The van der Waals surface area contributed by atoms with Crippen LogP contribution in [0.5, 0.6) is 11.5 Å². The molecular formula is C17H25NO6. The van der Waals surface area contributed by atoms with E-state index in [1.54, 1.807) is 38.3 Å². The zero-order valence-corrected chi connectivity index (χ0v) is 14.6. The number of methoxy groups -OCH3 is 3. The van der Waals surface area contributed by atoms with Crippen LogP contribution < -0.4 is 9.47 Å². The second kappa shape index (κ2) is 10.5. The van der Waals surface area contributed by atoms with Crippen molar-refractivity contribution < 1.29 is 28.5 Å². The number of hydrogen-bond donors (Lipinski definition) is 0. The SMILES string of the molecule is COCC(=O)N(CCOc1ccc(OC)cc1)CC(C)C(=O)OC. The highest BCUT2D eigenvalue weighted by Crippen LogP contribution is 2.17. The summed E-state index contributed by atoms with van der Waals surface area (Å²) in [5.41, 5.74) is 0. The van der Waals surface area contributed by atoms with Crippen LogP contribution in [-0.2, 0) is 19.1 Å². The Bertz CT molecular complexity index is 516. The minimum atomic E-state index is -0.420. The van der Waals surface area contributed by atoms with Crippen LogP contribution in [0.1, 0.15) is 6.92 Å². The lowest BCUT2D eigenvalue weighted by atomic mass is 10.1. The number of benzene rings is 1. The highest BCUT2D eigenvalue weighted by atomic mass is 16.5. The lowest BCUT2D eigenvalue weighted by Gasteiger charge is -2.24.